The highest BCUT2D eigenvalue weighted by atomic mass is 35.5. The van der Waals surface area contributed by atoms with Gasteiger partial charge in [-0.1, -0.05) is 17.7 Å². The Bertz CT molecular complexity index is 890. The first-order valence-corrected chi connectivity index (χ1v) is 9.84. The summed E-state index contributed by atoms with van der Waals surface area (Å²) in [7, 11) is 0. The van der Waals surface area contributed by atoms with E-state index in [1.54, 1.807) is 35.7 Å². The van der Waals surface area contributed by atoms with Gasteiger partial charge in [0.2, 0.25) is 0 Å². The number of nitrogens with zero attached hydrogens (tertiary/aromatic N) is 2. The first-order chi connectivity index (χ1) is 13.4. The standard InChI is InChI=1S/C20H19ClN2O4S/c1-14-12-15(5-6-16(14)21)23(10-3-9-22)19(25)13-27-20(26)8-7-17(24)18-4-2-11-28-18/h2,4-6,11-12H,3,7-8,10,13H2,1H3. The second kappa shape index (κ2) is 10.6. The Morgan fingerprint density at radius 1 is 1.25 bits per heavy atom. The molecule has 8 heteroatoms. The van der Waals surface area contributed by atoms with Gasteiger partial charge in [-0.3, -0.25) is 14.4 Å². The zero-order valence-corrected chi connectivity index (χ0v) is 16.9. The van der Waals surface area contributed by atoms with Gasteiger partial charge in [-0.05, 0) is 42.1 Å². The zero-order chi connectivity index (χ0) is 20.5. The van der Waals surface area contributed by atoms with Gasteiger partial charge < -0.3 is 9.64 Å². The van der Waals surface area contributed by atoms with Crippen LogP contribution in [0.25, 0.3) is 0 Å². The Morgan fingerprint density at radius 3 is 2.68 bits per heavy atom. The predicted molar refractivity (Wildman–Crippen MR) is 108 cm³/mol. The lowest BCUT2D eigenvalue weighted by atomic mass is 10.2. The minimum absolute atomic E-state index is 0.0298. The molecule has 0 N–H and O–H groups in total. The summed E-state index contributed by atoms with van der Waals surface area (Å²) in [5.41, 5.74) is 1.36. The molecule has 0 aliphatic heterocycles. The lowest BCUT2D eigenvalue weighted by molar-refractivity contribution is -0.147. The summed E-state index contributed by atoms with van der Waals surface area (Å²) >= 11 is 7.33. The topological polar surface area (TPSA) is 87.5 Å². The molecule has 28 heavy (non-hydrogen) atoms. The average Bonchev–Trinajstić information content (AvgIpc) is 3.22. The van der Waals surface area contributed by atoms with Gasteiger partial charge in [-0.25, -0.2) is 0 Å². The van der Waals surface area contributed by atoms with Crippen LogP contribution in [0.3, 0.4) is 0 Å². The maximum Gasteiger partial charge on any atom is 0.306 e. The second-order valence-electron chi connectivity index (χ2n) is 5.95. The van der Waals surface area contributed by atoms with Gasteiger partial charge in [0.05, 0.1) is 23.8 Å². The number of anilines is 1. The van der Waals surface area contributed by atoms with Crippen LogP contribution in [0.15, 0.2) is 35.7 Å². The molecule has 1 aromatic carbocycles. The molecule has 0 bridgehead atoms. The molecule has 2 aromatic rings. The lowest BCUT2D eigenvalue weighted by Gasteiger charge is -2.22. The first-order valence-electron chi connectivity index (χ1n) is 8.58. The van der Waals surface area contributed by atoms with E-state index in [4.69, 9.17) is 21.6 Å². The average molecular weight is 419 g/mol. The number of amides is 1. The summed E-state index contributed by atoms with van der Waals surface area (Å²) in [5, 5.41) is 11.2. The Kier molecular flexibility index (Phi) is 8.18. The Morgan fingerprint density at radius 2 is 2.04 bits per heavy atom. The Balaban J connectivity index is 1.91. The van der Waals surface area contributed by atoms with Gasteiger partial charge in [-0.2, -0.15) is 5.26 Å². The summed E-state index contributed by atoms with van der Waals surface area (Å²) < 4.78 is 5.02. The number of ketones is 1. The second-order valence-corrected chi connectivity index (χ2v) is 7.30. The number of carbonyl (C=O) groups excluding carboxylic acids is 3. The third kappa shape index (κ3) is 6.19. The largest absolute Gasteiger partial charge is 0.456 e. The molecule has 0 saturated heterocycles. The Labute approximate surface area is 172 Å². The van der Waals surface area contributed by atoms with Gasteiger partial charge in [0.25, 0.3) is 5.91 Å². The molecule has 146 valence electrons. The number of thiophene rings is 1. The minimum atomic E-state index is -0.620. The number of halogens is 1. The molecular weight excluding hydrogens is 400 g/mol. The van der Waals surface area contributed by atoms with E-state index in [0.29, 0.717) is 15.6 Å². The number of hydrogen-bond acceptors (Lipinski definition) is 6. The number of carbonyl (C=O) groups is 3. The summed E-state index contributed by atoms with van der Waals surface area (Å²) in [6.45, 7) is 1.52. The molecule has 1 heterocycles. The van der Waals surface area contributed by atoms with Crippen LogP contribution in [0.4, 0.5) is 5.69 Å². The van der Waals surface area contributed by atoms with Crippen molar-refractivity contribution in [1.82, 2.24) is 0 Å². The van der Waals surface area contributed by atoms with Gasteiger partial charge in [0.1, 0.15) is 0 Å². The lowest BCUT2D eigenvalue weighted by Crippen LogP contribution is -2.35. The third-order valence-corrected chi connectivity index (χ3v) is 5.25. The van der Waals surface area contributed by atoms with Gasteiger partial charge >= 0.3 is 5.97 Å². The SMILES string of the molecule is Cc1cc(N(CCC#N)C(=O)COC(=O)CCC(=O)c2cccs2)ccc1Cl. The summed E-state index contributed by atoms with van der Waals surface area (Å²) in [6.07, 6.45) is 0.0704. The highest BCUT2D eigenvalue weighted by Gasteiger charge is 2.19. The molecule has 0 saturated carbocycles. The van der Waals surface area contributed by atoms with Crippen molar-refractivity contribution < 1.29 is 19.1 Å². The van der Waals surface area contributed by atoms with Crippen molar-refractivity contribution in [2.24, 2.45) is 0 Å². The number of ether oxygens (including phenoxy) is 1. The Hall–Kier alpha value is -2.69. The molecule has 0 aliphatic carbocycles. The normalized spacial score (nSPS) is 10.2. The fourth-order valence-electron chi connectivity index (χ4n) is 2.42. The molecule has 1 aromatic heterocycles. The van der Waals surface area contributed by atoms with Crippen LogP contribution in [-0.4, -0.2) is 30.8 Å². The fourth-order valence-corrected chi connectivity index (χ4v) is 3.24. The van der Waals surface area contributed by atoms with E-state index in [0.717, 1.165) is 5.56 Å². The third-order valence-electron chi connectivity index (χ3n) is 3.91. The monoisotopic (exact) mass is 418 g/mol. The number of aryl methyl sites for hydroxylation is 1. The molecular formula is C20H19ClN2O4S. The summed E-state index contributed by atoms with van der Waals surface area (Å²) in [5.74, 6) is -1.20. The first kappa shape index (κ1) is 21.6. The summed E-state index contributed by atoms with van der Waals surface area (Å²) in [6, 6.07) is 10.5. The van der Waals surface area contributed by atoms with Crippen LogP contribution in [0, 0.1) is 18.3 Å². The molecule has 0 aliphatic rings. The number of hydrogen-bond donors (Lipinski definition) is 0. The van der Waals surface area contributed by atoms with Crippen LogP contribution in [0.1, 0.15) is 34.5 Å². The number of nitriles is 1. The molecule has 2 rings (SSSR count). The molecule has 0 atom stereocenters. The van der Waals surface area contributed by atoms with E-state index < -0.39 is 18.5 Å². The van der Waals surface area contributed by atoms with E-state index in [1.165, 1.54) is 16.2 Å². The molecule has 1 amide bonds. The van der Waals surface area contributed by atoms with Crippen LogP contribution in [0.5, 0.6) is 0 Å². The van der Waals surface area contributed by atoms with Gasteiger partial charge in [0, 0.05) is 23.7 Å². The number of Topliss-reactive ketones (excluding diaryl/α,β-unsaturated/α-hetero) is 1. The van der Waals surface area contributed by atoms with Crippen molar-refractivity contribution in [2.75, 3.05) is 18.1 Å². The van der Waals surface area contributed by atoms with Gasteiger partial charge in [0.15, 0.2) is 12.4 Å². The summed E-state index contributed by atoms with van der Waals surface area (Å²) in [4.78, 5) is 38.3. The fraction of sp³-hybridized carbons (Fsp3) is 0.300. The van der Waals surface area contributed by atoms with Crippen LogP contribution < -0.4 is 4.90 Å². The van der Waals surface area contributed by atoms with Gasteiger partial charge in [-0.15, -0.1) is 11.3 Å². The van der Waals surface area contributed by atoms with Crippen LogP contribution in [-0.2, 0) is 14.3 Å². The highest BCUT2D eigenvalue weighted by molar-refractivity contribution is 7.12. The minimum Gasteiger partial charge on any atom is -0.456 e. The molecule has 6 nitrogen and oxygen atoms in total. The van der Waals surface area contributed by atoms with E-state index in [1.807, 2.05) is 13.0 Å². The zero-order valence-electron chi connectivity index (χ0n) is 15.3. The van der Waals surface area contributed by atoms with Crippen molar-refractivity contribution in [3.05, 3.63) is 51.2 Å². The number of benzene rings is 1. The molecule has 0 spiro atoms. The van der Waals surface area contributed by atoms with E-state index >= 15 is 0 Å². The van der Waals surface area contributed by atoms with E-state index in [9.17, 15) is 14.4 Å². The van der Waals surface area contributed by atoms with Crippen molar-refractivity contribution >= 4 is 46.3 Å². The smallest absolute Gasteiger partial charge is 0.306 e. The quantitative estimate of drug-likeness (QED) is 0.450. The molecule has 0 unspecified atom stereocenters. The van der Waals surface area contributed by atoms with Crippen molar-refractivity contribution in [2.45, 2.75) is 26.2 Å². The maximum absolute atomic E-state index is 12.5. The highest BCUT2D eigenvalue weighted by Crippen LogP contribution is 2.23. The maximum atomic E-state index is 12.5. The van der Waals surface area contributed by atoms with Crippen molar-refractivity contribution in [3.8, 4) is 6.07 Å². The van der Waals surface area contributed by atoms with Crippen molar-refractivity contribution in [1.29, 1.82) is 5.26 Å². The number of rotatable bonds is 9. The van der Waals surface area contributed by atoms with E-state index in [2.05, 4.69) is 0 Å². The van der Waals surface area contributed by atoms with Crippen molar-refractivity contribution in [3.63, 3.8) is 0 Å². The molecule has 0 fully saturated rings. The predicted octanol–water partition coefficient (Wildman–Crippen LogP) is 4.16. The van der Waals surface area contributed by atoms with Crippen LogP contribution >= 0.6 is 22.9 Å². The van der Waals surface area contributed by atoms with E-state index in [-0.39, 0.29) is 31.6 Å². The molecule has 0 radical (unpaired) electrons. The van der Waals surface area contributed by atoms with Crippen LogP contribution in [0.2, 0.25) is 5.02 Å². The number of esters is 1.